The third-order valence-electron chi connectivity index (χ3n) is 1.94. The van der Waals surface area contributed by atoms with Crippen LogP contribution in [0.1, 0.15) is 5.56 Å². The van der Waals surface area contributed by atoms with Gasteiger partial charge in [-0.1, -0.05) is 12.1 Å². The van der Waals surface area contributed by atoms with E-state index >= 15 is 0 Å². The van der Waals surface area contributed by atoms with E-state index in [1.54, 1.807) is 13.2 Å². The first-order valence-electron chi connectivity index (χ1n) is 4.96. The molecule has 0 unspecified atom stereocenters. The molecule has 92 valence electrons. The van der Waals surface area contributed by atoms with Gasteiger partial charge in [-0.15, -0.1) is 0 Å². The molecule has 0 atom stereocenters. The Hall–Kier alpha value is -1.33. The van der Waals surface area contributed by atoms with Crippen LogP contribution in [0.2, 0.25) is 0 Å². The maximum Gasteiger partial charge on any atom is 0.328 e. The molecule has 0 amide bonds. The Morgan fingerprint density at radius 2 is 2.24 bits per heavy atom. The van der Waals surface area contributed by atoms with E-state index in [0.717, 1.165) is 10.5 Å². The van der Waals surface area contributed by atoms with E-state index in [2.05, 4.69) is 15.9 Å². The monoisotopic (exact) mass is 300 g/mol. The summed E-state index contributed by atoms with van der Waals surface area (Å²) in [6.07, 6.45) is 2.57. The van der Waals surface area contributed by atoms with Gasteiger partial charge in [0.1, 0.15) is 12.4 Å². The van der Waals surface area contributed by atoms with Gasteiger partial charge in [-0.2, -0.15) is 0 Å². The Balaban J connectivity index is 2.87. The van der Waals surface area contributed by atoms with Gasteiger partial charge in [-0.25, -0.2) is 4.79 Å². The molecular formula is C12H13BrO4. The van der Waals surface area contributed by atoms with Crippen molar-refractivity contribution in [3.8, 4) is 5.75 Å². The number of hydrogen-bond acceptors (Lipinski definition) is 3. The normalized spacial score (nSPS) is 10.7. The van der Waals surface area contributed by atoms with Crippen LogP contribution in [-0.2, 0) is 9.53 Å². The smallest absolute Gasteiger partial charge is 0.328 e. The van der Waals surface area contributed by atoms with Crippen molar-refractivity contribution in [3.05, 3.63) is 34.3 Å². The highest BCUT2D eigenvalue weighted by Crippen LogP contribution is 2.29. The number of ether oxygens (including phenoxy) is 2. The van der Waals surface area contributed by atoms with Gasteiger partial charge in [-0.3, -0.25) is 0 Å². The largest absolute Gasteiger partial charge is 0.489 e. The zero-order valence-electron chi connectivity index (χ0n) is 9.35. The average molecular weight is 301 g/mol. The van der Waals surface area contributed by atoms with Crippen molar-refractivity contribution in [2.45, 2.75) is 0 Å². The second kappa shape index (κ2) is 7.09. The first kappa shape index (κ1) is 13.7. The Labute approximate surface area is 108 Å². The number of carboxylic acids is 1. The van der Waals surface area contributed by atoms with Gasteiger partial charge in [0.25, 0.3) is 0 Å². The molecule has 0 aromatic heterocycles. The lowest BCUT2D eigenvalue weighted by Crippen LogP contribution is -2.05. The molecular weight excluding hydrogens is 288 g/mol. The fraction of sp³-hybridized carbons (Fsp3) is 0.250. The third kappa shape index (κ3) is 4.58. The number of hydrogen-bond donors (Lipinski definition) is 1. The van der Waals surface area contributed by atoms with Crippen LogP contribution in [0.25, 0.3) is 6.08 Å². The predicted molar refractivity (Wildman–Crippen MR) is 68.2 cm³/mol. The van der Waals surface area contributed by atoms with Gasteiger partial charge in [0.2, 0.25) is 0 Å². The zero-order chi connectivity index (χ0) is 12.7. The van der Waals surface area contributed by atoms with Gasteiger partial charge in [0.15, 0.2) is 0 Å². The van der Waals surface area contributed by atoms with Crippen molar-refractivity contribution in [3.63, 3.8) is 0 Å². The van der Waals surface area contributed by atoms with Crippen LogP contribution in [0.5, 0.6) is 5.75 Å². The van der Waals surface area contributed by atoms with E-state index in [4.69, 9.17) is 14.6 Å². The Morgan fingerprint density at radius 3 is 2.88 bits per heavy atom. The molecule has 1 rings (SSSR count). The van der Waals surface area contributed by atoms with Gasteiger partial charge < -0.3 is 14.6 Å². The molecule has 0 fully saturated rings. The minimum absolute atomic E-state index is 0.410. The summed E-state index contributed by atoms with van der Waals surface area (Å²) in [7, 11) is 1.59. The van der Waals surface area contributed by atoms with Crippen molar-refractivity contribution in [1.29, 1.82) is 0 Å². The molecule has 0 aliphatic heterocycles. The Kier molecular flexibility index (Phi) is 5.72. The molecule has 0 bridgehead atoms. The summed E-state index contributed by atoms with van der Waals surface area (Å²) in [4.78, 5) is 10.5. The van der Waals surface area contributed by atoms with E-state index < -0.39 is 5.97 Å². The molecule has 5 heteroatoms. The molecule has 1 aromatic rings. The van der Waals surface area contributed by atoms with Crippen molar-refractivity contribution >= 4 is 28.0 Å². The molecule has 0 radical (unpaired) electrons. The highest BCUT2D eigenvalue weighted by Gasteiger charge is 2.05. The van der Waals surface area contributed by atoms with E-state index in [1.165, 1.54) is 6.08 Å². The lowest BCUT2D eigenvalue weighted by molar-refractivity contribution is -0.131. The highest BCUT2D eigenvalue weighted by atomic mass is 79.9. The molecule has 1 aromatic carbocycles. The minimum atomic E-state index is -0.993. The Morgan fingerprint density at radius 1 is 1.47 bits per heavy atom. The molecule has 0 saturated heterocycles. The summed E-state index contributed by atoms with van der Waals surface area (Å²) < 4.78 is 11.2. The molecule has 1 N–H and O–H groups in total. The van der Waals surface area contributed by atoms with Crippen molar-refractivity contribution in [1.82, 2.24) is 0 Å². The van der Waals surface area contributed by atoms with E-state index in [0.29, 0.717) is 24.5 Å². The number of para-hydroxylation sites is 1. The van der Waals surface area contributed by atoms with Crippen LogP contribution in [0, 0.1) is 0 Å². The number of carbonyl (C=O) groups is 1. The summed E-state index contributed by atoms with van der Waals surface area (Å²) in [5, 5.41) is 8.59. The van der Waals surface area contributed by atoms with E-state index in [1.807, 2.05) is 12.1 Å². The maximum absolute atomic E-state index is 10.5. The lowest BCUT2D eigenvalue weighted by atomic mass is 10.2. The number of aliphatic carboxylic acids is 1. The first-order valence-corrected chi connectivity index (χ1v) is 5.75. The summed E-state index contributed by atoms with van der Waals surface area (Å²) in [5.74, 6) is -0.380. The lowest BCUT2D eigenvalue weighted by Gasteiger charge is -2.10. The number of benzene rings is 1. The van der Waals surface area contributed by atoms with Crippen molar-refractivity contribution in [2.24, 2.45) is 0 Å². The van der Waals surface area contributed by atoms with Crippen molar-refractivity contribution in [2.75, 3.05) is 20.3 Å². The van der Waals surface area contributed by atoms with Gasteiger partial charge >= 0.3 is 5.97 Å². The van der Waals surface area contributed by atoms with E-state index in [9.17, 15) is 4.79 Å². The third-order valence-corrected chi connectivity index (χ3v) is 2.56. The number of rotatable bonds is 6. The summed E-state index contributed by atoms with van der Waals surface area (Å²) >= 11 is 3.36. The standard InChI is InChI=1S/C12H13BrO4/c1-16-7-8-17-12-9(5-6-11(14)15)3-2-4-10(12)13/h2-6H,7-8H2,1H3,(H,14,15). The molecule has 0 heterocycles. The van der Waals surface area contributed by atoms with Crippen molar-refractivity contribution < 1.29 is 19.4 Å². The predicted octanol–water partition coefficient (Wildman–Crippen LogP) is 2.57. The summed E-state index contributed by atoms with van der Waals surface area (Å²) in [6, 6.07) is 5.43. The van der Waals surface area contributed by atoms with Gasteiger partial charge in [0.05, 0.1) is 11.1 Å². The number of halogens is 1. The molecule has 0 spiro atoms. The number of methoxy groups -OCH3 is 1. The van der Waals surface area contributed by atoms with Gasteiger partial charge in [-0.05, 0) is 28.1 Å². The molecule has 0 saturated carbocycles. The summed E-state index contributed by atoms with van der Waals surface area (Å²) in [6.45, 7) is 0.885. The fourth-order valence-corrected chi connectivity index (χ4v) is 1.69. The maximum atomic E-state index is 10.5. The highest BCUT2D eigenvalue weighted by molar-refractivity contribution is 9.10. The topological polar surface area (TPSA) is 55.8 Å². The SMILES string of the molecule is COCCOc1c(Br)cccc1C=CC(=O)O. The quantitative estimate of drug-likeness (QED) is 0.648. The number of carboxylic acid groups (broad SMARTS) is 1. The minimum Gasteiger partial charge on any atom is -0.489 e. The van der Waals surface area contributed by atoms with Crippen LogP contribution in [0.15, 0.2) is 28.7 Å². The molecule has 0 aliphatic carbocycles. The molecule has 4 nitrogen and oxygen atoms in total. The molecule has 0 aliphatic rings. The second-order valence-electron chi connectivity index (χ2n) is 3.17. The zero-order valence-corrected chi connectivity index (χ0v) is 10.9. The Bertz CT molecular complexity index is 415. The van der Waals surface area contributed by atoms with Crippen LogP contribution >= 0.6 is 15.9 Å². The summed E-state index contributed by atoms with van der Waals surface area (Å²) in [5.41, 5.74) is 0.706. The van der Waals surface area contributed by atoms with Crippen LogP contribution in [-0.4, -0.2) is 31.4 Å². The van der Waals surface area contributed by atoms with E-state index in [-0.39, 0.29) is 0 Å². The molecule has 17 heavy (non-hydrogen) atoms. The van der Waals surface area contributed by atoms with Crippen LogP contribution in [0.4, 0.5) is 0 Å². The van der Waals surface area contributed by atoms with Crippen LogP contribution < -0.4 is 4.74 Å². The van der Waals surface area contributed by atoms with Crippen LogP contribution in [0.3, 0.4) is 0 Å². The first-order chi connectivity index (χ1) is 8.15. The fourth-order valence-electron chi connectivity index (χ4n) is 1.20. The second-order valence-corrected chi connectivity index (χ2v) is 4.03. The average Bonchev–Trinajstić information content (AvgIpc) is 2.29. The van der Waals surface area contributed by atoms with Gasteiger partial charge in [0, 0.05) is 18.7 Å².